The van der Waals surface area contributed by atoms with Crippen LogP contribution in [0.2, 0.25) is 0 Å². The van der Waals surface area contributed by atoms with Crippen molar-refractivity contribution in [2.45, 2.75) is 19.0 Å². The lowest BCUT2D eigenvalue weighted by atomic mass is 9.83. The molecule has 2 rings (SSSR count). The molecular weight excluding hydrogens is 287 g/mol. The van der Waals surface area contributed by atoms with Crippen molar-refractivity contribution in [2.24, 2.45) is 11.8 Å². The quantitative estimate of drug-likeness (QED) is 0.743. The molecule has 0 saturated carbocycles. The van der Waals surface area contributed by atoms with Crippen molar-refractivity contribution in [1.82, 2.24) is 5.32 Å². The van der Waals surface area contributed by atoms with E-state index in [9.17, 15) is 21.6 Å². The maximum absolute atomic E-state index is 11.1. The lowest BCUT2D eigenvalue weighted by Gasteiger charge is -2.36. The van der Waals surface area contributed by atoms with Crippen LogP contribution in [0, 0.1) is 11.8 Å². The molecule has 2 aliphatic rings. The zero-order chi connectivity index (χ0) is 14.7. The molecule has 0 aromatic carbocycles. The summed E-state index contributed by atoms with van der Waals surface area (Å²) in [5.41, 5.74) is 0. The molecule has 0 amide bonds. The van der Waals surface area contributed by atoms with Crippen LogP contribution >= 0.6 is 0 Å². The topological polar surface area (TPSA) is 83.5 Å². The Kier molecular flexibility index (Phi) is 5.19. The van der Waals surface area contributed by atoms with Gasteiger partial charge in [-0.05, 0) is 37.8 Å². The number of hydrogen-bond acceptors (Lipinski definition) is 4. The third-order valence-electron chi connectivity index (χ3n) is 3.32. The molecule has 19 heavy (non-hydrogen) atoms. The lowest BCUT2D eigenvalue weighted by molar-refractivity contribution is -0.192. The predicted octanol–water partition coefficient (Wildman–Crippen LogP) is 0.664. The molecule has 112 valence electrons. The van der Waals surface area contributed by atoms with E-state index >= 15 is 0 Å². The first-order valence-electron chi connectivity index (χ1n) is 5.83. The maximum atomic E-state index is 11.1. The summed E-state index contributed by atoms with van der Waals surface area (Å²) in [5, 5.41) is 10.4. The predicted molar refractivity (Wildman–Crippen MR) is 61.4 cm³/mol. The average molecular weight is 303 g/mol. The first-order chi connectivity index (χ1) is 8.62. The molecule has 5 nitrogen and oxygen atoms in total. The molecule has 0 aliphatic carbocycles. The third-order valence-corrected chi connectivity index (χ3v) is 5.04. The molecule has 0 radical (unpaired) electrons. The van der Waals surface area contributed by atoms with Crippen molar-refractivity contribution in [3.63, 3.8) is 0 Å². The first kappa shape index (κ1) is 16.2. The zero-order valence-corrected chi connectivity index (χ0v) is 10.9. The molecule has 2 saturated heterocycles. The Labute approximate surface area is 109 Å². The van der Waals surface area contributed by atoms with Crippen LogP contribution in [-0.4, -0.2) is 50.3 Å². The van der Waals surface area contributed by atoms with Gasteiger partial charge in [0.2, 0.25) is 0 Å². The summed E-state index contributed by atoms with van der Waals surface area (Å²) in [6, 6.07) is 0. The molecule has 2 fully saturated rings. The molecule has 2 aliphatic heterocycles. The van der Waals surface area contributed by atoms with E-state index in [1.54, 1.807) is 0 Å². The lowest BCUT2D eigenvalue weighted by Crippen LogP contribution is -2.47. The van der Waals surface area contributed by atoms with E-state index in [-0.39, 0.29) is 0 Å². The Hall–Kier alpha value is -0.830. The Morgan fingerprint density at radius 3 is 1.79 bits per heavy atom. The van der Waals surface area contributed by atoms with Gasteiger partial charge in [-0.25, -0.2) is 13.2 Å². The SMILES string of the molecule is O=C(O)C(F)(F)F.O=S1(=O)CCC(C2CNC2)CC1. The van der Waals surface area contributed by atoms with Crippen molar-refractivity contribution >= 4 is 15.8 Å². The highest BCUT2D eigenvalue weighted by Crippen LogP contribution is 2.28. The van der Waals surface area contributed by atoms with Crippen LogP contribution in [0.4, 0.5) is 13.2 Å². The minimum Gasteiger partial charge on any atom is -0.475 e. The largest absolute Gasteiger partial charge is 0.490 e. The fourth-order valence-corrected chi connectivity index (χ4v) is 3.55. The van der Waals surface area contributed by atoms with Gasteiger partial charge in [0.25, 0.3) is 0 Å². The number of nitrogens with one attached hydrogen (secondary N) is 1. The maximum Gasteiger partial charge on any atom is 0.490 e. The molecule has 0 unspecified atom stereocenters. The molecule has 0 spiro atoms. The Bertz CT molecular complexity index is 403. The van der Waals surface area contributed by atoms with Crippen LogP contribution in [0.1, 0.15) is 12.8 Å². The van der Waals surface area contributed by atoms with E-state index in [1.165, 1.54) is 0 Å². The summed E-state index contributed by atoms with van der Waals surface area (Å²) in [4.78, 5) is 8.90. The average Bonchev–Trinajstić information content (AvgIpc) is 2.18. The number of carboxylic acid groups (broad SMARTS) is 1. The summed E-state index contributed by atoms with van der Waals surface area (Å²) in [6.45, 7) is 2.20. The Morgan fingerprint density at radius 2 is 1.53 bits per heavy atom. The van der Waals surface area contributed by atoms with Crippen molar-refractivity contribution in [2.75, 3.05) is 24.6 Å². The molecule has 0 aromatic rings. The number of hydrogen-bond donors (Lipinski definition) is 2. The smallest absolute Gasteiger partial charge is 0.475 e. The van der Waals surface area contributed by atoms with Gasteiger partial charge in [0, 0.05) is 0 Å². The monoisotopic (exact) mass is 303 g/mol. The molecule has 9 heteroatoms. The number of rotatable bonds is 1. The number of aliphatic carboxylic acids is 1. The van der Waals surface area contributed by atoms with Crippen molar-refractivity contribution < 1.29 is 31.5 Å². The highest BCUT2D eigenvalue weighted by atomic mass is 32.2. The normalized spacial score (nSPS) is 23.9. The van der Waals surface area contributed by atoms with Crippen molar-refractivity contribution in [1.29, 1.82) is 0 Å². The van der Waals surface area contributed by atoms with Gasteiger partial charge in [-0.1, -0.05) is 0 Å². The van der Waals surface area contributed by atoms with E-state index in [2.05, 4.69) is 5.32 Å². The number of carboxylic acids is 1. The number of halogens is 3. The second-order valence-corrected chi connectivity index (χ2v) is 7.01. The fourth-order valence-electron chi connectivity index (χ4n) is 2.02. The second-order valence-electron chi connectivity index (χ2n) is 4.71. The van der Waals surface area contributed by atoms with Gasteiger partial charge < -0.3 is 10.4 Å². The van der Waals surface area contributed by atoms with Gasteiger partial charge >= 0.3 is 12.1 Å². The number of alkyl halides is 3. The summed E-state index contributed by atoms with van der Waals surface area (Å²) in [7, 11) is -2.65. The van der Waals surface area contributed by atoms with Gasteiger partial charge in [-0.2, -0.15) is 13.2 Å². The van der Waals surface area contributed by atoms with E-state index in [1.807, 2.05) is 0 Å². The van der Waals surface area contributed by atoms with Gasteiger partial charge in [0.15, 0.2) is 0 Å². The summed E-state index contributed by atoms with van der Waals surface area (Å²) >= 11 is 0. The standard InChI is InChI=1S/C8H15NO2S.C2HF3O2/c10-12(11)3-1-7(2-4-12)8-5-9-6-8;3-2(4,5)1(6)7/h7-9H,1-6H2;(H,6,7). The third kappa shape index (κ3) is 5.35. The van der Waals surface area contributed by atoms with Crippen LogP contribution in [0.25, 0.3) is 0 Å². The van der Waals surface area contributed by atoms with Gasteiger partial charge in [-0.15, -0.1) is 0 Å². The van der Waals surface area contributed by atoms with Gasteiger partial charge in [0.05, 0.1) is 11.5 Å². The number of sulfone groups is 1. The van der Waals surface area contributed by atoms with E-state index in [4.69, 9.17) is 9.90 Å². The van der Waals surface area contributed by atoms with Crippen LogP contribution in [0.3, 0.4) is 0 Å². The van der Waals surface area contributed by atoms with Crippen molar-refractivity contribution in [3.8, 4) is 0 Å². The molecule has 0 aromatic heterocycles. The van der Waals surface area contributed by atoms with Crippen LogP contribution in [-0.2, 0) is 14.6 Å². The minimum absolute atomic E-state index is 0.425. The molecule has 2 heterocycles. The van der Waals surface area contributed by atoms with E-state index in [0.29, 0.717) is 17.4 Å². The first-order valence-corrected chi connectivity index (χ1v) is 7.65. The van der Waals surface area contributed by atoms with Crippen molar-refractivity contribution in [3.05, 3.63) is 0 Å². The molecular formula is C10H16F3NO4S. The van der Waals surface area contributed by atoms with Crippen LogP contribution in [0.5, 0.6) is 0 Å². The highest BCUT2D eigenvalue weighted by molar-refractivity contribution is 7.91. The fraction of sp³-hybridized carbons (Fsp3) is 0.900. The molecule has 2 N–H and O–H groups in total. The summed E-state index contributed by atoms with van der Waals surface area (Å²) in [5.74, 6) is -0.467. The van der Waals surface area contributed by atoms with Gasteiger partial charge in [-0.3, -0.25) is 0 Å². The second kappa shape index (κ2) is 6.08. The molecule has 0 bridgehead atoms. The minimum atomic E-state index is -5.08. The summed E-state index contributed by atoms with van der Waals surface area (Å²) < 4.78 is 54.0. The van der Waals surface area contributed by atoms with Gasteiger partial charge in [0.1, 0.15) is 9.84 Å². The highest BCUT2D eigenvalue weighted by Gasteiger charge is 2.38. The number of carbonyl (C=O) groups is 1. The molecule has 0 atom stereocenters. The van der Waals surface area contributed by atoms with E-state index < -0.39 is 22.0 Å². The Morgan fingerprint density at radius 1 is 1.11 bits per heavy atom. The van der Waals surface area contributed by atoms with Crippen LogP contribution in [0.15, 0.2) is 0 Å². The Balaban J connectivity index is 0.000000224. The van der Waals surface area contributed by atoms with Crippen LogP contribution < -0.4 is 5.32 Å². The summed E-state index contributed by atoms with van der Waals surface area (Å²) in [6.07, 6.45) is -3.29. The van der Waals surface area contributed by atoms with E-state index in [0.717, 1.165) is 31.8 Å². The zero-order valence-electron chi connectivity index (χ0n) is 10.1.